The minimum absolute atomic E-state index is 0.0497. The molecule has 4 rings (SSSR count). The van der Waals surface area contributed by atoms with Gasteiger partial charge in [0.25, 0.3) is 0 Å². The summed E-state index contributed by atoms with van der Waals surface area (Å²) in [6, 6.07) is 14.5. The first-order valence-electron chi connectivity index (χ1n) is 7.37. The summed E-state index contributed by atoms with van der Waals surface area (Å²) < 4.78 is 13.9. The standard InChI is InChI=1S/C18H12BrFN2OS/c19-14-9-12(3-5-15(14)20)18-22(17(23)10-24-18)13-4-6-16-11(8-13)2-1-7-21-16/h1-9,18H,10H2. The van der Waals surface area contributed by atoms with E-state index in [-0.39, 0.29) is 17.1 Å². The van der Waals surface area contributed by atoms with Crippen molar-refractivity contribution in [2.75, 3.05) is 10.7 Å². The van der Waals surface area contributed by atoms with E-state index in [0.29, 0.717) is 10.2 Å². The lowest BCUT2D eigenvalue weighted by molar-refractivity contribution is -0.115. The van der Waals surface area contributed by atoms with Crippen molar-refractivity contribution in [3.8, 4) is 0 Å². The zero-order chi connectivity index (χ0) is 16.7. The van der Waals surface area contributed by atoms with Gasteiger partial charge in [-0.05, 0) is 57.9 Å². The highest BCUT2D eigenvalue weighted by Crippen LogP contribution is 2.43. The van der Waals surface area contributed by atoms with Crippen LogP contribution in [0.2, 0.25) is 0 Å². The quantitative estimate of drug-likeness (QED) is 0.610. The molecule has 24 heavy (non-hydrogen) atoms. The van der Waals surface area contributed by atoms with Crippen LogP contribution in [-0.4, -0.2) is 16.6 Å². The Morgan fingerprint density at radius 3 is 2.92 bits per heavy atom. The highest BCUT2D eigenvalue weighted by molar-refractivity contribution is 9.10. The molecule has 0 aliphatic carbocycles. The Morgan fingerprint density at radius 2 is 2.08 bits per heavy atom. The highest BCUT2D eigenvalue weighted by Gasteiger charge is 2.34. The summed E-state index contributed by atoms with van der Waals surface area (Å²) in [6.07, 6.45) is 1.75. The van der Waals surface area contributed by atoms with Crippen LogP contribution < -0.4 is 4.90 Å². The number of pyridine rings is 1. The van der Waals surface area contributed by atoms with E-state index in [1.165, 1.54) is 6.07 Å². The smallest absolute Gasteiger partial charge is 0.238 e. The molecule has 0 radical (unpaired) electrons. The summed E-state index contributed by atoms with van der Waals surface area (Å²) in [6.45, 7) is 0. The number of benzene rings is 2. The molecule has 3 aromatic rings. The van der Waals surface area contributed by atoms with Crippen LogP contribution in [0.1, 0.15) is 10.9 Å². The van der Waals surface area contributed by atoms with E-state index >= 15 is 0 Å². The van der Waals surface area contributed by atoms with Crippen molar-refractivity contribution in [1.29, 1.82) is 0 Å². The van der Waals surface area contributed by atoms with Crippen molar-refractivity contribution in [2.24, 2.45) is 0 Å². The molecule has 2 heterocycles. The van der Waals surface area contributed by atoms with E-state index in [2.05, 4.69) is 20.9 Å². The fourth-order valence-corrected chi connectivity index (χ4v) is 4.39. The number of rotatable bonds is 2. The van der Waals surface area contributed by atoms with Gasteiger partial charge in [-0.2, -0.15) is 0 Å². The van der Waals surface area contributed by atoms with Gasteiger partial charge >= 0.3 is 0 Å². The van der Waals surface area contributed by atoms with Crippen molar-refractivity contribution in [2.45, 2.75) is 5.37 Å². The molecule has 1 aliphatic heterocycles. The Kier molecular flexibility index (Phi) is 4.02. The van der Waals surface area contributed by atoms with Crippen LogP contribution >= 0.6 is 27.7 Å². The van der Waals surface area contributed by atoms with Gasteiger partial charge in [0.15, 0.2) is 0 Å². The Bertz CT molecular complexity index is 949. The highest BCUT2D eigenvalue weighted by atomic mass is 79.9. The van der Waals surface area contributed by atoms with Crippen molar-refractivity contribution in [3.05, 3.63) is 70.6 Å². The number of amides is 1. The molecule has 0 saturated carbocycles. The number of anilines is 1. The average molecular weight is 403 g/mol. The summed E-state index contributed by atoms with van der Waals surface area (Å²) in [5.41, 5.74) is 2.61. The molecule has 6 heteroatoms. The first-order valence-corrected chi connectivity index (χ1v) is 9.21. The summed E-state index contributed by atoms with van der Waals surface area (Å²) in [5, 5.41) is 0.822. The Morgan fingerprint density at radius 1 is 1.21 bits per heavy atom. The van der Waals surface area contributed by atoms with Gasteiger partial charge in [-0.3, -0.25) is 14.7 Å². The van der Waals surface area contributed by atoms with Crippen LogP contribution in [0.15, 0.2) is 59.2 Å². The SMILES string of the molecule is O=C1CSC(c2ccc(F)c(Br)c2)N1c1ccc2ncccc2c1. The zero-order valence-corrected chi connectivity index (χ0v) is 14.8. The van der Waals surface area contributed by atoms with Gasteiger partial charge in [0, 0.05) is 17.3 Å². The number of carbonyl (C=O) groups is 1. The Hall–Kier alpha value is -1.92. The van der Waals surface area contributed by atoms with Crippen LogP contribution in [0.25, 0.3) is 10.9 Å². The van der Waals surface area contributed by atoms with Crippen molar-refractivity contribution in [3.63, 3.8) is 0 Å². The lowest BCUT2D eigenvalue weighted by atomic mass is 10.1. The van der Waals surface area contributed by atoms with Gasteiger partial charge < -0.3 is 0 Å². The number of aromatic nitrogens is 1. The van der Waals surface area contributed by atoms with Gasteiger partial charge in [0.05, 0.1) is 15.7 Å². The minimum atomic E-state index is -0.309. The number of carbonyl (C=O) groups excluding carboxylic acids is 1. The largest absolute Gasteiger partial charge is 0.295 e. The molecule has 1 atom stereocenters. The second-order valence-electron chi connectivity index (χ2n) is 5.48. The molecule has 0 spiro atoms. The third-order valence-corrected chi connectivity index (χ3v) is 5.78. The zero-order valence-electron chi connectivity index (χ0n) is 12.4. The monoisotopic (exact) mass is 402 g/mol. The van der Waals surface area contributed by atoms with Crippen LogP contribution in [0.3, 0.4) is 0 Å². The van der Waals surface area contributed by atoms with E-state index in [9.17, 15) is 9.18 Å². The maximum absolute atomic E-state index is 13.5. The third-order valence-electron chi connectivity index (χ3n) is 3.96. The molecule has 0 bridgehead atoms. The van der Waals surface area contributed by atoms with Crippen LogP contribution in [0.5, 0.6) is 0 Å². The summed E-state index contributed by atoms with van der Waals surface area (Å²) in [5.74, 6) is 0.148. The predicted octanol–water partition coefficient (Wildman–Crippen LogP) is 4.92. The van der Waals surface area contributed by atoms with E-state index in [1.807, 2.05) is 30.3 Å². The molecule has 1 unspecified atom stereocenters. The van der Waals surface area contributed by atoms with Gasteiger partial charge in [-0.1, -0.05) is 12.1 Å². The maximum Gasteiger partial charge on any atom is 0.238 e. The molecule has 1 amide bonds. The van der Waals surface area contributed by atoms with E-state index in [0.717, 1.165) is 22.2 Å². The molecule has 1 fully saturated rings. The number of halogens is 2. The van der Waals surface area contributed by atoms with Crippen LogP contribution in [0.4, 0.5) is 10.1 Å². The Balaban J connectivity index is 1.77. The van der Waals surface area contributed by atoms with Crippen LogP contribution in [0, 0.1) is 5.82 Å². The molecule has 3 nitrogen and oxygen atoms in total. The van der Waals surface area contributed by atoms with Gasteiger partial charge in [0.2, 0.25) is 5.91 Å². The van der Waals surface area contributed by atoms with Gasteiger partial charge in [-0.25, -0.2) is 4.39 Å². The lowest BCUT2D eigenvalue weighted by Gasteiger charge is -2.25. The molecule has 1 aromatic heterocycles. The van der Waals surface area contributed by atoms with E-state index < -0.39 is 0 Å². The first-order chi connectivity index (χ1) is 11.6. The summed E-state index contributed by atoms with van der Waals surface area (Å²) in [7, 11) is 0. The van der Waals surface area contributed by atoms with Crippen molar-refractivity contribution in [1.82, 2.24) is 4.98 Å². The number of nitrogens with zero attached hydrogens (tertiary/aromatic N) is 2. The van der Waals surface area contributed by atoms with E-state index in [4.69, 9.17) is 0 Å². The fourth-order valence-electron chi connectivity index (χ4n) is 2.83. The second kappa shape index (κ2) is 6.18. The van der Waals surface area contributed by atoms with Crippen molar-refractivity contribution >= 4 is 50.2 Å². The van der Waals surface area contributed by atoms with Crippen LogP contribution in [-0.2, 0) is 4.79 Å². The maximum atomic E-state index is 13.5. The topological polar surface area (TPSA) is 33.2 Å². The number of hydrogen-bond acceptors (Lipinski definition) is 3. The average Bonchev–Trinajstić information content (AvgIpc) is 2.98. The lowest BCUT2D eigenvalue weighted by Crippen LogP contribution is -2.27. The number of fused-ring (bicyclic) bond motifs is 1. The Labute approximate surface area is 151 Å². The minimum Gasteiger partial charge on any atom is -0.295 e. The predicted molar refractivity (Wildman–Crippen MR) is 98.5 cm³/mol. The van der Waals surface area contributed by atoms with Gasteiger partial charge in [0.1, 0.15) is 11.2 Å². The molecular formula is C18H12BrFN2OS. The molecular weight excluding hydrogens is 391 g/mol. The van der Waals surface area contributed by atoms with Crippen molar-refractivity contribution < 1.29 is 9.18 Å². The molecule has 2 aromatic carbocycles. The first kappa shape index (κ1) is 15.6. The van der Waals surface area contributed by atoms with Gasteiger partial charge in [-0.15, -0.1) is 11.8 Å². The fraction of sp³-hybridized carbons (Fsp3) is 0.111. The van der Waals surface area contributed by atoms with E-state index in [1.54, 1.807) is 35.0 Å². The number of hydrogen-bond donors (Lipinski definition) is 0. The normalized spacial score (nSPS) is 17.7. The molecule has 1 aliphatic rings. The summed E-state index contributed by atoms with van der Waals surface area (Å²) >= 11 is 4.76. The molecule has 1 saturated heterocycles. The third kappa shape index (κ3) is 2.70. The molecule has 120 valence electrons. The summed E-state index contributed by atoms with van der Waals surface area (Å²) in [4.78, 5) is 18.5. The number of thioether (sulfide) groups is 1. The molecule has 0 N–H and O–H groups in total. The second-order valence-corrected chi connectivity index (χ2v) is 7.40.